The van der Waals surface area contributed by atoms with E-state index in [0.717, 1.165) is 19.5 Å². The number of benzene rings is 1. The van der Waals surface area contributed by atoms with Gasteiger partial charge in [0.2, 0.25) is 0 Å². The third-order valence-electron chi connectivity index (χ3n) is 3.45. The quantitative estimate of drug-likeness (QED) is 0.622. The molecule has 0 aliphatic heterocycles. The van der Waals surface area contributed by atoms with Gasteiger partial charge in [0.1, 0.15) is 0 Å². The van der Waals surface area contributed by atoms with E-state index in [2.05, 4.69) is 43.0 Å². The number of rotatable bonds is 6. The van der Waals surface area contributed by atoms with Crippen LogP contribution >= 0.6 is 0 Å². The number of carbonyl (C=O) groups excluding carboxylic acids is 1. The third-order valence-corrected chi connectivity index (χ3v) is 3.45. The maximum Gasteiger partial charge on any atom is 0.305 e. The van der Waals surface area contributed by atoms with Crippen molar-refractivity contribution in [3.63, 3.8) is 0 Å². The molecule has 1 N–H and O–H groups in total. The fraction of sp³-hybridized carbons (Fsp3) is 0.533. The molecule has 0 radical (unpaired) electrons. The van der Waals surface area contributed by atoms with Crippen LogP contribution in [0.2, 0.25) is 0 Å². The summed E-state index contributed by atoms with van der Waals surface area (Å²) in [6.07, 6.45) is 1.30. The number of hydrogen-bond acceptors (Lipinski definition) is 3. The van der Waals surface area contributed by atoms with E-state index >= 15 is 0 Å². The lowest BCUT2D eigenvalue weighted by Gasteiger charge is -2.12. The SMILES string of the molecule is COC(=O)CCCNCc1ccc(C)c(C)c1C. The highest BCUT2D eigenvalue weighted by molar-refractivity contribution is 5.69. The average molecular weight is 249 g/mol. The van der Waals surface area contributed by atoms with Crippen LogP contribution in [0.15, 0.2) is 12.1 Å². The van der Waals surface area contributed by atoms with Gasteiger partial charge in [-0.05, 0) is 56.0 Å². The zero-order chi connectivity index (χ0) is 13.5. The van der Waals surface area contributed by atoms with Crippen LogP contribution < -0.4 is 5.32 Å². The van der Waals surface area contributed by atoms with Crippen molar-refractivity contribution in [3.8, 4) is 0 Å². The zero-order valence-corrected chi connectivity index (χ0v) is 11.8. The third kappa shape index (κ3) is 4.15. The molecular weight excluding hydrogens is 226 g/mol. The topological polar surface area (TPSA) is 38.3 Å². The lowest BCUT2D eigenvalue weighted by atomic mass is 9.99. The molecule has 0 amide bonds. The van der Waals surface area contributed by atoms with Crippen LogP contribution in [-0.4, -0.2) is 19.6 Å². The molecule has 0 saturated carbocycles. The number of hydrogen-bond donors (Lipinski definition) is 1. The van der Waals surface area contributed by atoms with E-state index in [-0.39, 0.29) is 5.97 Å². The Hall–Kier alpha value is -1.35. The van der Waals surface area contributed by atoms with Gasteiger partial charge < -0.3 is 10.1 Å². The molecule has 0 saturated heterocycles. The second kappa shape index (κ2) is 7.17. The van der Waals surface area contributed by atoms with Crippen LogP contribution in [0.1, 0.15) is 35.1 Å². The van der Waals surface area contributed by atoms with Gasteiger partial charge >= 0.3 is 5.97 Å². The number of carbonyl (C=O) groups is 1. The van der Waals surface area contributed by atoms with E-state index in [1.165, 1.54) is 29.4 Å². The first-order valence-corrected chi connectivity index (χ1v) is 6.39. The fourth-order valence-electron chi connectivity index (χ4n) is 1.89. The number of esters is 1. The molecule has 0 fully saturated rings. The lowest BCUT2D eigenvalue weighted by molar-refractivity contribution is -0.140. The highest BCUT2D eigenvalue weighted by Gasteiger charge is 2.03. The molecule has 1 rings (SSSR count). The second-order valence-electron chi connectivity index (χ2n) is 4.65. The largest absolute Gasteiger partial charge is 0.469 e. The molecule has 3 nitrogen and oxygen atoms in total. The van der Waals surface area contributed by atoms with Crippen molar-refractivity contribution >= 4 is 5.97 Å². The Labute approximate surface area is 110 Å². The monoisotopic (exact) mass is 249 g/mol. The summed E-state index contributed by atoms with van der Waals surface area (Å²) in [6.45, 7) is 8.14. The van der Waals surface area contributed by atoms with Crippen molar-refractivity contribution in [3.05, 3.63) is 34.4 Å². The number of nitrogens with one attached hydrogen (secondary N) is 1. The summed E-state index contributed by atoms with van der Waals surface area (Å²) >= 11 is 0. The first-order chi connectivity index (χ1) is 8.56. The van der Waals surface area contributed by atoms with Crippen molar-refractivity contribution in [2.45, 2.75) is 40.2 Å². The molecule has 1 aromatic carbocycles. The maximum atomic E-state index is 10.9. The van der Waals surface area contributed by atoms with Crippen LogP contribution in [-0.2, 0) is 16.1 Å². The Morgan fingerprint density at radius 3 is 2.61 bits per heavy atom. The van der Waals surface area contributed by atoms with Crippen molar-refractivity contribution < 1.29 is 9.53 Å². The molecule has 0 unspecified atom stereocenters. The number of aryl methyl sites for hydroxylation is 1. The van der Waals surface area contributed by atoms with Crippen LogP contribution in [0.3, 0.4) is 0 Å². The summed E-state index contributed by atoms with van der Waals surface area (Å²) in [5, 5.41) is 3.36. The van der Waals surface area contributed by atoms with Gasteiger partial charge in [-0.15, -0.1) is 0 Å². The summed E-state index contributed by atoms with van der Waals surface area (Å²) in [5.41, 5.74) is 5.39. The maximum absolute atomic E-state index is 10.9. The van der Waals surface area contributed by atoms with Crippen LogP contribution in [0, 0.1) is 20.8 Å². The van der Waals surface area contributed by atoms with Crippen molar-refractivity contribution in [1.82, 2.24) is 5.32 Å². The zero-order valence-electron chi connectivity index (χ0n) is 11.8. The highest BCUT2D eigenvalue weighted by atomic mass is 16.5. The summed E-state index contributed by atoms with van der Waals surface area (Å²) < 4.78 is 4.60. The summed E-state index contributed by atoms with van der Waals surface area (Å²) in [7, 11) is 1.42. The molecule has 0 atom stereocenters. The Morgan fingerprint density at radius 1 is 1.22 bits per heavy atom. The van der Waals surface area contributed by atoms with Crippen molar-refractivity contribution in [1.29, 1.82) is 0 Å². The van der Waals surface area contributed by atoms with E-state index in [9.17, 15) is 4.79 Å². The van der Waals surface area contributed by atoms with Crippen molar-refractivity contribution in [2.75, 3.05) is 13.7 Å². The first kappa shape index (κ1) is 14.7. The molecule has 0 heterocycles. The van der Waals surface area contributed by atoms with Crippen LogP contribution in [0.4, 0.5) is 0 Å². The minimum atomic E-state index is -0.140. The Kier molecular flexibility index (Phi) is 5.86. The molecule has 0 aromatic heterocycles. The van der Waals surface area contributed by atoms with Gasteiger partial charge in [0.25, 0.3) is 0 Å². The lowest BCUT2D eigenvalue weighted by Crippen LogP contribution is -2.17. The van der Waals surface area contributed by atoms with E-state index in [1.54, 1.807) is 0 Å². The predicted octanol–water partition coefficient (Wildman–Crippen LogP) is 2.65. The standard InChI is InChI=1S/C15H23NO2/c1-11-7-8-14(13(3)12(11)2)10-16-9-5-6-15(17)18-4/h7-8,16H,5-6,9-10H2,1-4H3. The van der Waals surface area contributed by atoms with Crippen LogP contribution in [0.25, 0.3) is 0 Å². The minimum Gasteiger partial charge on any atom is -0.469 e. The van der Waals surface area contributed by atoms with Gasteiger partial charge in [-0.3, -0.25) is 4.79 Å². The van der Waals surface area contributed by atoms with E-state index in [1.807, 2.05) is 0 Å². The van der Waals surface area contributed by atoms with E-state index in [0.29, 0.717) is 6.42 Å². The molecule has 0 aliphatic rings. The molecule has 18 heavy (non-hydrogen) atoms. The van der Waals surface area contributed by atoms with Crippen LogP contribution in [0.5, 0.6) is 0 Å². The van der Waals surface area contributed by atoms with Gasteiger partial charge in [-0.2, -0.15) is 0 Å². The van der Waals surface area contributed by atoms with Gasteiger partial charge in [-0.25, -0.2) is 0 Å². The predicted molar refractivity (Wildman–Crippen MR) is 73.6 cm³/mol. The smallest absolute Gasteiger partial charge is 0.305 e. The average Bonchev–Trinajstić information content (AvgIpc) is 2.37. The normalized spacial score (nSPS) is 10.4. The number of methoxy groups -OCH3 is 1. The van der Waals surface area contributed by atoms with Gasteiger partial charge in [0.15, 0.2) is 0 Å². The molecule has 100 valence electrons. The fourth-order valence-corrected chi connectivity index (χ4v) is 1.89. The Balaban J connectivity index is 2.36. The molecule has 0 spiro atoms. The second-order valence-corrected chi connectivity index (χ2v) is 4.65. The van der Waals surface area contributed by atoms with E-state index in [4.69, 9.17) is 0 Å². The Bertz CT molecular complexity index is 413. The van der Waals surface area contributed by atoms with Gasteiger partial charge in [-0.1, -0.05) is 12.1 Å². The number of ether oxygens (including phenoxy) is 1. The molecule has 3 heteroatoms. The Morgan fingerprint density at radius 2 is 1.94 bits per heavy atom. The summed E-state index contributed by atoms with van der Waals surface area (Å²) in [5.74, 6) is -0.140. The molecular formula is C15H23NO2. The summed E-state index contributed by atoms with van der Waals surface area (Å²) in [4.78, 5) is 10.9. The molecule has 0 bridgehead atoms. The first-order valence-electron chi connectivity index (χ1n) is 6.39. The minimum absolute atomic E-state index is 0.140. The van der Waals surface area contributed by atoms with Crippen molar-refractivity contribution in [2.24, 2.45) is 0 Å². The molecule has 0 aliphatic carbocycles. The van der Waals surface area contributed by atoms with Gasteiger partial charge in [0, 0.05) is 13.0 Å². The highest BCUT2D eigenvalue weighted by Crippen LogP contribution is 2.16. The van der Waals surface area contributed by atoms with Gasteiger partial charge in [0.05, 0.1) is 7.11 Å². The summed E-state index contributed by atoms with van der Waals surface area (Å²) in [6, 6.07) is 4.33. The molecule has 1 aromatic rings. The van der Waals surface area contributed by atoms with E-state index < -0.39 is 0 Å².